The zero-order valence-corrected chi connectivity index (χ0v) is 18.3. The Hall–Kier alpha value is -3.74. The van der Waals surface area contributed by atoms with Crippen molar-refractivity contribution in [2.45, 2.75) is 6.18 Å². The fraction of sp³-hybridized carbons (Fsp3) is 0.0909. The second kappa shape index (κ2) is 8.89. The highest BCUT2D eigenvalue weighted by molar-refractivity contribution is 7.74. The van der Waals surface area contributed by atoms with Gasteiger partial charge in [-0.25, -0.2) is 9.27 Å². The van der Waals surface area contributed by atoms with E-state index in [4.69, 9.17) is 5.73 Å². The van der Waals surface area contributed by atoms with E-state index in [1.807, 2.05) is 0 Å². The second-order valence-corrected chi connectivity index (χ2v) is 7.78. The van der Waals surface area contributed by atoms with E-state index in [0.717, 1.165) is 23.5 Å². The predicted octanol–water partition coefficient (Wildman–Crippen LogP) is 3.97. The van der Waals surface area contributed by atoms with Crippen molar-refractivity contribution in [1.29, 1.82) is 0 Å². The van der Waals surface area contributed by atoms with Crippen molar-refractivity contribution in [3.05, 3.63) is 78.2 Å². The SMILES string of the molecule is CN(OS(=O)[O-])c1ccc2cc(C(N)=O)n(-c3cccc(-c4cnccc4C(F)(F)F)c3)c2c1. The molecule has 0 saturated heterocycles. The van der Waals surface area contributed by atoms with Crippen LogP contribution in [0.4, 0.5) is 18.9 Å². The molecule has 0 radical (unpaired) electrons. The van der Waals surface area contributed by atoms with Gasteiger partial charge in [-0.3, -0.25) is 9.78 Å². The number of hydroxylamine groups is 1. The largest absolute Gasteiger partial charge is 0.748 e. The maximum Gasteiger partial charge on any atom is 0.417 e. The van der Waals surface area contributed by atoms with E-state index in [1.54, 1.807) is 30.3 Å². The number of nitrogens with zero attached hydrogens (tertiary/aromatic N) is 3. The molecule has 0 aliphatic rings. The first-order valence-corrected chi connectivity index (χ1v) is 10.6. The summed E-state index contributed by atoms with van der Waals surface area (Å²) in [6, 6.07) is 13.3. The van der Waals surface area contributed by atoms with Gasteiger partial charge < -0.3 is 14.9 Å². The van der Waals surface area contributed by atoms with E-state index >= 15 is 0 Å². The Labute approximate surface area is 193 Å². The fourth-order valence-electron chi connectivity index (χ4n) is 3.66. The number of benzene rings is 2. The number of pyridine rings is 1. The molecular formula is C22H16F3N4O4S-. The number of hydrogen-bond donors (Lipinski definition) is 1. The summed E-state index contributed by atoms with van der Waals surface area (Å²) in [7, 11) is 1.38. The summed E-state index contributed by atoms with van der Waals surface area (Å²) >= 11 is -2.81. The zero-order valence-electron chi connectivity index (χ0n) is 17.4. The summed E-state index contributed by atoms with van der Waals surface area (Å²) in [6.45, 7) is 0. The molecule has 2 aromatic heterocycles. The first kappa shape index (κ1) is 23.4. The smallest absolute Gasteiger partial charge is 0.417 e. The number of fused-ring (bicyclic) bond motifs is 1. The van der Waals surface area contributed by atoms with Crippen molar-refractivity contribution in [1.82, 2.24) is 9.55 Å². The monoisotopic (exact) mass is 489 g/mol. The summed E-state index contributed by atoms with van der Waals surface area (Å²) in [5.74, 6) is -0.759. The van der Waals surface area contributed by atoms with Gasteiger partial charge >= 0.3 is 6.18 Å². The summed E-state index contributed by atoms with van der Waals surface area (Å²) < 4.78 is 68.5. The number of hydrogen-bond acceptors (Lipinski definition) is 6. The Balaban J connectivity index is 1.91. The summed E-state index contributed by atoms with van der Waals surface area (Å²) in [5.41, 5.74) is 6.08. The molecule has 1 atom stereocenters. The minimum atomic E-state index is -4.59. The Kier molecular flexibility index (Phi) is 6.13. The van der Waals surface area contributed by atoms with Crippen molar-refractivity contribution < 1.29 is 31.0 Å². The third kappa shape index (κ3) is 4.51. The van der Waals surface area contributed by atoms with Crippen LogP contribution >= 0.6 is 0 Å². The van der Waals surface area contributed by atoms with E-state index in [0.29, 0.717) is 22.3 Å². The highest BCUT2D eigenvalue weighted by Crippen LogP contribution is 2.37. The van der Waals surface area contributed by atoms with Crippen molar-refractivity contribution >= 4 is 33.9 Å². The molecule has 0 fully saturated rings. The maximum absolute atomic E-state index is 13.5. The lowest BCUT2D eigenvalue weighted by molar-refractivity contribution is -0.137. The van der Waals surface area contributed by atoms with E-state index in [2.05, 4.69) is 9.27 Å². The molecule has 12 heteroatoms. The summed E-state index contributed by atoms with van der Waals surface area (Å²) in [5, 5.41) is 1.60. The number of aromatic nitrogens is 2. The van der Waals surface area contributed by atoms with Crippen LogP contribution in [0.2, 0.25) is 0 Å². The average molecular weight is 489 g/mol. The van der Waals surface area contributed by atoms with Crippen molar-refractivity contribution in [3.8, 4) is 16.8 Å². The molecule has 176 valence electrons. The lowest BCUT2D eigenvalue weighted by Gasteiger charge is -2.19. The van der Waals surface area contributed by atoms with E-state index < -0.39 is 29.0 Å². The number of alkyl halides is 3. The van der Waals surface area contributed by atoms with Crippen LogP contribution in [-0.2, 0) is 21.8 Å². The Bertz CT molecular complexity index is 1420. The van der Waals surface area contributed by atoms with Crippen LogP contribution in [0.15, 0.2) is 67.0 Å². The van der Waals surface area contributed by atoms with E-state index in [-0.39, 0.29) is 16.8 Å². The van der Waals surface area contributed by atoms with Crippen LogP contribution in [0.1, 0.15) is 16.1 Å². The number of anilines is 1. The topological polar surface area (TPSA) is 114 Å². The number of rotatable bonds is 6. The van der Waals surface area contributed by atoms with Gasteiger partial charge in [0.1, 0.15) is 17.1 Å². The van der Waals surface area contributed by atoms with Crippen LogP contribution in [0.25, 0.3) is 27.7 Å². The van der Waals surface area contributed by atoms with Crippen LogP contribution in [0.5, 0.6) is 0 Å². The molecule has 1 unspecified atom stereocenters. The van der Waals surface area contributed by atoms with Gasteiger partial charge in [-0.15, -0.1) is 0 Å². The molecular weight excluding hydrogens is 473 g/mol. The molecule has 0 aliphatic heterocycles. The molecule has 34 heavy (non-hydrogen) atoms. The van der Waals surface area contributed by atoms with Gasteiger partial charge in [0.25, 0.3) is 5.91 Å². The summed E-state index contributed by atoms with van der Waals surface area (Å²) in [4.78, 5) is 16.0. The van der Waals surface area contributed by atoms with Crippen LogP contribution < -0.4 is 10.8 Å². The lowest BCUT2D eigenvalue weighted by atomic mass is 10.0. The number of nitrogens with two attached hydrogens (primary N) is 1. The second-order valence-electron chi connectivity index (χ2n) is 7.22. The number of halogens is 3. The molecule has 0 bridgehead atoms. The van der Waals surface area contributed by atoms with Crippen molar-refractivity contribution in [2.75, 3.05) is 12.1 Å². The van der Waals surface area contributed by atoms with E-state index in [1.165, 1.54) is 29.8 Å². The molecule has 1 amide bonds. The van der Waals surface area contributed by atoms with Crippen molar-refractivity contribution in [2.24, 2.45) is 5.73 Å². The van der Waals surface area contributed by atoms with E-state index in [9.17, 15) is 26.7 Å². The van der Waals surface area contributed by atoms with Gasteiger partial charge in [-0.1, -0.05) is 18.2 Å². The Morgan fingerprint density at radius 1 is 1.18 bits per heavy atom. The minimum Gasteiger partial charge on any atom is -0.748 e. The number of primary amides is 1. The standard InChI is InChI=1S/C22H17F3N4O4S/c1-28(33-34(31)32)15-6-5-14-10-20(21(26)30)29(19(14)11-15)16-4-2-3-13(9-16)17-12-27-8-7-18(17)22(23,24)25/h2-12H,1H3,(H2,26,30)(H,31,32)/p-1. The summed E-state index contributed by atoms with van der Waals surface area (Å²) in [6.07, 6.45) is -2.40. The maximum atomic E-state index is 13.5. The van der Waals surface area contributed by atoms with Crippen LogP contribution in [0.3, 0.4) is 0 Å². The van der Waals surface area contributed by atoms with Gasteiger partial charge in [0.2, 0.25) is 0 Å². The Morgan fingerprint density at radius 2 is 1.94 bits per heavy atom. The third-order valence-electron chi connectivity index (χ3n) is 5.12. The molecule has 2 aromatic carbocycles. The Morgan fingerprint density at radius 3 is 2.62 bits per heavy atom. The molecule has 8 nitrogen and oxygen atoms in total. The molecule has 0 aliphatic carbocycles. The highest BCUT2D eigenvalue weighted by Gasteiger charge is 2.33. The lowest BCUT2D eigenvalue weighted by Crippen LogP contribution is -2.19. The average Bonchev–Trinajstić information content (AvgIpc) is 3.17. The fourth-order valence-corrected chi connectivity index (χ4v) is 3.93. The first-order valence-electron chi connectivity index (χ1n) is 9.65. The van der Waals surface area contributed by atoms with Gasteiger partial charge in [0.15, 0.2) is 0 Å². The molecule has 2 N–H and O–H groups in total. The van der Waals surface area contributed by atoms with Gasteiger partial charge in [-0.05, 0) is 42.0 Å². The van der Waals surface area contributed by atoms with Gasteiger partial charge in [0, 0.05) is 36.1 Å². The van der Waals surface area contributed by atoms with Gasteiger partial charge in [-0.2, -0.15) is 17.5 Å². The predicted molar refractivity (Wildman–Crippen MR) is 118 cm³/mol. The quantitative estimate of drug-likeness (QED) is 0.324. The first-order chi connectivity index (χ1) is 16.1. The molecule has 0 spiro atoms. The van der Waals surface area contributed by atoms with Crippen LogP contribution in [0, 0.1) is 0 Å². The number of amides is 1. The normalized spacial score (nSPS) is 12.6. The molecule has 0 saturated carbocycles. The van der Waals surface area contributed by atoms with Crippen molar-refractivity contribution in [3.63, 3.8) is 0 Å². The van der Waals surface area contributed by atoms with Gasteiger partial charge in [0.05, 0.1) is 16.8 Å². The molecule has 4 aromatic rings. The number of carbonyl (C=O) groups excluding carboxylic acids is 1. The molecule has 2 heterocycles. The third-order valence-corrected chi connectivity index (χ3v) is 5.46. The van der Waals surface area contributed by atoms with Crippen LogP contribution in [-0.4, -0.2) is 31.3 Å². The zero-order chi connectivity index (χ0) is 24.6. The number of carbonyl (C=O) groups is 1. The highest BCUT2D eigenvalue weighted by atomic mass is 32.2. The minimum absolute atomic E-state index is 0.0857. The molecule has 4 rings (SSSR count).